The number of benzene rings is 1. The summed E-state index contributed by atoms with van der Waals surface area (Å²) in [5, 5.41) is 7.55. The number of nitrogens with one attached hydrogen (secondary N) is 1. The summed E-state index contributed by atoms with van der Waals surface area (Å²) in [5.74, 6) is -0.326. The van der Waals surface area contributed by atoms with Crippen LogP contribution in [0.5, 0.6) is 0 Å². The first-order valence-corrected chi connectivity index (χ1v) is 6.67. The van der Waals surface area contributed by atoms with Gasteiger partial charge in [-0.05, 0) is 37.5 Å². The molecule has 0 aliphatic carbocycles. The van der Waals surface area contributed by atoms with Crippen LogP contribution >= 0.6 is 0 Å². The summed E-state index contributed by atoms with van der Waals surface area (Å²) < 4.78 is 38.3. The number of amidine groups is 1. The van der Waals surface area contributed by atoms with Crippen LogP contribution in [0.3, 0.4) is 0 Å². The summed E-state index contributed by atoms with van der Waals surface area (Å²) in [6, 6.07) is 3.79. The molecule has 110 valence electrons. The number of nitrogen functional groups attached to an aromatic ring is 1. The topological polar surface area (TPSA) is 53.1 Å². The molecule has 1 aromatic rings. The van der Waals surface area contributed by atoms with Gasteiger partial charge in [-0.2, -0.15) is 13.2 Å². The molecule has 3 N–H and O–H groups in total. The highest BCUT2D eigenvalue weighted by molar-refractivity contribution is 6.00. The number of halogens is 3. The molecule has 1 aromatic carbocycles. The molecular formula is C14H18F3N3. The zero-order valence-corrected chi connectivity index (χ0v) is 11.3. The average Bonchev–Trinajstić information content (AvgIpc) is 2.84. The second-order valence-electron chi connectivity index (χ2n) is 5.04. The zero-order valence-electron chi connectivity index (χ0n) is 11.3. The smallest absolute Gasteiger partial charge is 0.384 e. The molecule has 1 aliphatic rings. The van der Waals surface area contributed by atoms with Gasteiger partial charge >= 0.3 is 6.18 Å². The van der Waals surface area contributed by atoms with Crippen LogP contribution in [0.1, 0.15) is 37.3 Å². The van der Waals surface area contributed by atoms with Crippen molar-refractivity contribution in [3.05, 3.63) is 29.3 Å². The first-order chi connectivity index (χ1) is 9.34. The third-order valence-corrected chi connectivity index (χ3v) is 3.77. The second-order valence-corrected chi connectivity index (χ2v) is 5.04. The molecule has 6 heteroatoms. The Morgan fingerprint density at radius 1 is 1.45 bits per heavy atom. The molecule has 0 saturated carbocycles. The highest BCUT2D eigenvalue weighted by atomic mass is 19.4. The maximum absolute atomic E-state index is 12.8. The first-order valence-electron chi connectivity index (χ1n) is 6.67. The SMILES string of the molecule is CCC1CCCN1c1ccc(C(F)(F)F)cc1C(=N)N. The van der Waals surface area contributed by atoms with Crippen molar-refractivity contribution < 1.29 is 13.2 Å². The van der Waals surface area contributed by atoms with Gasteiger partial charge in [0, 0.05) is 23.8 Å². The lowest BCUT2D eigenvalue weighted by Crippen LogP contribution is -2.31. The maximum Gasteiger partial charge on any atom is 0.416 e. The Labute approximate surface area is 116 Å². The number of anilines is 1. The first kappa shape index (κ1) is 14.7. The average molecular weight is 285 g/mol. The van der Waals surface area contributed by atoms with Crippen molar-refractivity contribution in [1.29, 1.82) is 5.41 Å². The lowest BCUT2D eigenvalue weighted by molar-refractivity contribution is -0.137. The number of alkyl halides is 3. The van der Waals surface area contributed by atoms with E-state index in [1.807, 2.05) is 0 Å². The van der Waals surface area contributed by atoms with E-state index in [0.29, 0.717) is 11.7 Å². The van der Waals surface area contributed by atoms with Gasteiger partial charge in [0.15, 0.2) is 0 Å². The minimum Gasteiger partial charge on any atom is -0.384 e. The van der Waals surface area contributed by atoms with Crippen molar-refractivity contribution in [3.63, 3.8) is 0 Å². The molecule has 1 heterocycles. The van der Waals surface area contributed by atoms with Gasteiger partial charge < -0.3 is 10.6 Å². The maximum atomic E-state index is 12.8. The van der Waals surface area contributed by atoms with Crippen molar-refractivity contribution in [2.75, 3.05) is 11.4 Å². The molecule has 0 amide bonds. The quantitative estimate of drug-likeness (QED) is 0.661. The summed E-state index contributed by atoms with van der Waals surface area (Å²) in [7, 11) is 0. The molecule has 1 fully saturated rings. The summed E-state index contributed by atoms with van der Waals surface area (Å²) in [4.78, 5) is 2.07. The number of hydrogen-bond donors (Lipinski definition) is 2. The number of rotatable bonds is 3. The van der Waals surface area contributed by atoms with E-state index in [1.165, 1.54) is 6.07 Å². The number of nitrogens with zero attached hydrogens (tertiary/aromatic N) is 1. The molecule has 0 radical (unpaired) electrons. The van der Waals surface area contributed by atoms with Crippen molar-refractivity contribution in [1.82, 2.24) is 0 Å². The van der Waals surface area contributed by atoms with Crippen LogP contribution in [0.2, 0.25) is 0 Å². The Balaban J connectivity index is 2.46. The van der Waals surface area contributed by atoms with E-state index >= 15 is 0 Å². The van der Waals surface area contributed by atoms with E-state index in [4.69, 9.17) is 11.1 Å². The fourth-order valence-corrected chi connectivity index (χ4v) is 2.76. The molecule has 0 bridgehead atoms. The molecule has 20 heavy (non-hydrogen) atoms. The van der Waals surface area contributed by atoms with E-state index in [-0.39, 0.29) is 11.4 Å². The molecule has 1 atom stereocenters. The van der Waals surface area contributed by atoms with Gasteiger partial charge in [0.05, 0.1) is 5.56 Å². The van der Waals surface area contributed by atoms with E-state index in [0.717, 1.165) is 37.9 Å². The largest absolute Gasteiger partial charge is 0.416 e. The highest BCUT2D eigenvalue weighted by Crippen LogP contribution is 2.35. The van der Waals surface area contributed by atoms with E-state index in [1.54, 1.807) is 0 Å². The van der Waals surface area contributed by atoms with Crippen molar-refractivity contribution in [3.8, 4) is 0 Å². The van der Waals surface area contributed by atoms with Crippen LogP contribution in [-0.2, 0) is 6.18 Å². The van der Waals surface area contributed by atoms with Gasteiger partial charge in [-0.3, -0.25) is 5.41 Å². The molecule has 2 rings (SSSR count). The summed E-state index contributed by atoms with van der Waals surface area (Å²) >= 11 is 0. The normalized spacial score (nSPS) is 19.4. The standard InChI is InChI=1S/C14H18F3N3/c1-2-10-4-3-7-20(10)12-6-5-9(14(15,16)17)8-11(12)13(18)19/h5-6,8,10H,2-4,7H2,1H3,(H3,18,19). The van der Waals surface area contributed by atoms with Crippen LogP contribution in [0, 0.1) is 5.41 Å². The van der Waals surface area contributed by atoms with E-state index in [2.05, 4.69) is 11.8 Å². The Kier molecular flexibility index (Phi) is 3.92. The molecule has 0 spiro atoms. The second kappa shape index (κ2) is 5.34. The summed E-state index contributed by atoms with van der Waals surface area (Å²) in [6.45, 7) is 2.85. The number of nitrogens with two attached hydrogens (primary N) is 1. The molecule has 3 nitrogen and oxygen atoms in total. The lowest BCUT2D eigenvalue weighted by atomic mass is 10.0. The van der Waals surface area contributed by atoms with Gasteiger partial charge in [0.1, 0.15) is 5.84 Å². The van der Waals surface area contributed by atoms with Gasteiger partial charge in [0.25, 0.3) is 0 Å². The van der Waals surface area contributed by atoms with Gasteiger partial charge in [0.2, 0.25) is 0 Å². The predicted molar refractivity (Wildman–Crippen MR) is 73.1 cm³/mol. The third kappa shape index (κ3) is 2.73. The fraction of sp³-hybridized carbons (Fsp3) is 0.500. The fourth-order valence-electron chi connectivity index (χ4n) is 2.76. The van der Waals surface area contributed by atoms with E-state index in [9.17, 15) is 13.2 Å². The van der Waals surface area contributed by atoms with Gasteiger partial charge in [-0.15, -0.1) is 0 Å². The predicted octanol–water partition coefficient (Wildman–Crippen LogP) is 3.37. The van der Waals surface area contributed by atoms with E-state index < -0.39 is 11.7 Å². The molecule has 1 saturated heterocycles. The van der Waals surface area contributed by atoms with Gasteiger partial charge in [-0.25, -0.2) is 0 Å². The van der Waals surface area contributed by atoms with Crippen LogP contribution in [0.4, 0.5) is 18.9 Å². The van der Waals surface area contributed by atoms with Crippen molar-refractivity contribution in [2.45, 2.75) is 38.4 Å². The van der Waals surface area contributed by atoms with Gasteiger partial charge in [-0.1, -0.05) is 6.92 Å². The third-order valence-electron chi connectivity index (χ3n) is 3.77. The summed E-state index contributed by atoms with van der Waals surface area (Å²) in [5.41, 5.74) is 5.51. The van der Waals surface area contributed by atoms with Crippen molar-refractivity contribution in [2.24, 2.45) is 5.73 Å². The molecule has 1 aliphatic heterocycles. The van der Waals surface area contributed by atoms with Crippen LogP contribution < -0.4 is 10.6 Å². The van der Waals surface area contributed by atoms with Crippen molar-refractivity contribution >= 4 is 11.5 Å². The minimum absolute atomic E-state index is 0.167. The Morgan fingerprint density at radius 2 is 2.15 bits per heavy atom. The molecular weight excluding hydrogens is 267 g/mol. The molecule has 1 unspecified atom stereocenters. The zero-order chi connectivity index (χ0) is 14.9. The van der Waals surface area contributed by atoms with Crippen LogP contribution in [0.25, 0.3) is 0 Å². The van der Waals surface area contributed by atoms with Crippen LogP contribution in [0.15, 0.2) is 18.2 Å². The Hall–Kier alpha value is -1.72. The van der Waals surface area contributed by atoms with Crippen LogP contribution in [-0.4, -0.2) is 18.4 Å². The minimum atomic E-state index is -4.42. The lowest BCUT2D eigenvalue weighted by Gasteiger charge is -2.28. The Bertz CT molecular complexity index is 511. The Morgan fingerprint density at radius 3 is 2.70 bits per heavy atom. The number of hydrogen-bond acceptors (Lipinski definition) is 2. The summed E-state index contributed by atoms with van der Waals surface area (Å²) in [6.07, 6.45) is -1.46. The monoisotopic (exact) mass is 285 g/mol. The highest BCUT2D eigenvalue weighted by Gasteiger charge is 2.33. The molecule has 0 aromatic heterocycles.